The minimum Gasteiger partial charge on any atom is -0.368 e. The highest BCUT2D eigenvalue weighted by Crippen LogP contribution is 2.44. The van der Waals surface area contributed by atoms with E-state index < -0.39 is 0 Å². The topological polar surface area (TPSA) is 26.8 Å². The van der Waals surface area contributed by atoms with Crippen molar-refractivity contribution in [3.05, 3.63) is 81.3 Å². The summed E-state index contributed by atoms with van der Waals surface area (Å²) in [5.41, 5.74) is 3.80. The van der Waals surface area contributed by atoms with Crippen LogP contribution in [0.25, 0.3) is 11.1 Å². The summed E-state index contributed by atoms with van der Waals surface area (Å²) in [4.78, 5) is 17.2. The minimum atomic E-state index is -0.0966. The molecule has 2 aliphatic rings. The third kappa shape index (κ3) is 5.03. The molecule has 4 nitrogen and oxygen atoms in total. The number of amides is 1. The molecule has 0 spiro atoms. The van der Waals surface area contributed by atoms with E-state index in [2.05, 4.69) is 33.5 Å². The first kappa shape index (κ1) is 24.8. The highest BCUT2D eigenvalue weighted by molar-refractivity contribution is 7.97. The fourth-order valence-electron chi connectivity index (χ4n) is 4.87. The standard InChI is InChI=1S/C27H26Cl3N3OS/c1-31(2)27(34)22-13-8-18(14-25(22)30)17-6-9-19(10-7-17)32-15-20-11-12-21(16-32)33(20)35-26-23(28)4-3-5-24(26)29/h3-10,13-14,20-21H,11-12,15-16H2,1-2H3. The smallest absolute Gasteiger partial charge is 0.254 e. The molecule has 1 amide bonds. The predicted molar refractivity (Wildman–Crippen MR) is 148 cm³/mol. The fourth-order valence-corrected chi connectivity index (χ4v) is 6.90. The Morgan fingerprint density at radius 2 is 1.46 bits per heavy atom. The van der Waals surface area contributed by atoms with Gasteiger partial charge in [-0.3, -0.25) is 4.79 Å². The number of rotatable bonds is 5. The van der Waals surface area contributed by atoms with E-state index in [4.69, 9.17) is 34.8 Å². The Labute approximate surface area is 225 Å². The van der Waals surface area contributed by atoms with Crippen molar-refractivity contribution in [2.45, 2.75) is 29.8 Å². The van der Waals surface area contributed by atoms with Gasteiger partial charge in [-0.15, -0.1) is 0 Å². The van der Waals surface area contributed by atoms with Crippen LogP contribution >= 0.6 is 46.8 Å². The number of nitrogens with zero attached hydrogens (tertiary/aromatic N) is 3. The lowest BCUT2D eigenvalue weighted by Gasteiger charge is -2.41. The summed E-state index contributed by atoms with van der Waals surface area (Å²) in [7, 11) is 3.45. The molecular weight excluding hydrogens is 521 g/mol. The molecule has 8 heteroatoms. The Hall–Kier alpha value is -1.89. The molecule has 0 aromatic heterocycles. The number of anilines is 1. The van der Waals surface area contributed by atoms with Gasteiger partial charge in [-0.05, 0) is 72.3 Å². The van der Waals surface area contributed by atoms with Crippen LogP contribution in [0.4, 0.5) is 5.69 Å². The number of hydrogen-bond acceptors (Lipinski definition) is 4. The molecule has 2 fully saturated rings. The number of halogens is 3. The van der Waals surface area contributed by atoms with Crippen molar-refractivity contribution in [2.24, 2.45) is 0 Å². The molecule has 35 heavy (non-hydrogen) atoms. The second kappa shape index (κ2) is 10.2. The maximum absolute atomic E-state index is 12.3. The van der Waals surface area contributed by atoms with Crippen LogP contribution in [0.3, 0.4) is 0 Å². The number of hydrogen-bond donors (Lipinski definition) is 0. The number of piperazine rings is 1. The first-order valence-electron chi connectivity index (χ1n) is 11.6. The van der Waals surface area contributed by atoms with Gasteiger partial charge in [0.15, 0.2) is 0 Å². The molecule has 2 saturated heterocycles. The van der Waals surface area contributed by atoms with Gasteiger partial charge in [0.05, 0.1) is 25.5 Å². The average molecular weight is 547 g/mol. The normalized spacial score (nSPS) is 19.7. The molecular formula is C27H26Cl3N3OS. The van der Waals surface area contributed by atoms with Gasteiger partial charge in [-0.1, -0.05) is 59.1 Å². The van der Waals surface area contributed by atoms with Gasteiger partial charge < -0.3 is 9.80 Å². The highest BCUT2D eigenvalue weighted by Gasteiger charge is 2.41. The molecule has 182 valence electrons. The van der Waals surface area contributed by atoms with Gasteiger partial charge in [0.1, 0.15) is 0 Å². The number of carbonyl (C=O) groups excluding carboxylic acids is 1. The molecule has 0 aliphatic carbocycles. The number of benzene rings is 3. The quantitative estimate of drug-likeness (QED) is 0.312. The lowest BCUT2D eigenvalue weighted by molar-refractivity contribution is 0.0828. The fraction of sp³-hybridized carbons (Fsp3) is 0.296. The van der Waals surface area contributed by atoms with Crippen molar-refractivity contribution in [2.75, 3.05) is 32.1 Å². The van der Waals surface area contributed by atoms with E-state index in [-0.39, 0.29) is 5.91 Å². The lowest BCUT2D eigenvalue weighted by atomic mass is 10.0. The zero-order valence-corrected chi connectivity index (χ0v) is 22.6. The van der Waals surface area contributed by atoms with Crippen LogP contribution in [0.2, 0.25) is 15.1 Å². The highest BCUT2D eigenvalue weighted by atomic mass is 35.5. The average Bonchev–Trinajstić information content (AvgIpc) is 3.07. The van der Waals surface area contributed by atoms with Crippen LogP contribution in [0.15, 0.2) is 65.6 Å². The van der Waals surface area contributed by atoms with Crippen LogP contribution in [0.1, 0.15) is 23.2 Å². The van der Waals surface area contributed by atoms with E-state index in [0.29, 0.717) is 32.7 Å². The monoisotopic (exact) mass is 545 g/mol. The van der Waals surface area contributed by atoms with E-state index >= 15 is 0 Å². The van der Waals surface area contributed by atoms with Crippen LogP contribution in [-0.2, 0) is 0 Å². The van der Waals surface area contributed by atoms with Gasteiger partial charge in [0.25, 0.3) is 5.91 Å². The first-order chi connectivity index (χ1) is 16.8. The molecule has 0 saturated carbocycles. The van der Waals surface area contributed by atoms with Crippen LogP contribution in [-0.4, -0.2) is 54.4 Å². The van der Waals surface area contributed by atoms with Gasteiger partial charge in [-0.2, -0.15) is 0 Å². The molecule has 2 unspecified atom stereocenters. The molecule has 2 atom stereocenters. The summed E-state index contributed by atoms with van der Waals surface area (Å²) in [5.74, 6) is -0.0966. The summed E-state index contributed by atoms with van der Waals surface area (Å²) in [6.45, 7) is 1.94. The largest absolute Gasteiger partial charge is 0.368 e. The lowest BCUT2D eigenvalue weighted by Crippen LogP contribution is -2.50. The molecule has 5 rings (SSSR count). The molecule has 2 aliphatic heterocycles. The van der Waals surface area contributed by atoms with Crippen LogP contribution in [0, 0.1) is 0 Å². The summed E-state index contributed by atoms with van der Waals surface area (Å²) in [6, 6.07) is 20.8. The Morgan fingerprint density at radius 1 is 0.857 bits per heavy atom. The van der Waals surface area contributed by atoms with E-state index in [9.17, 15) is 4.79 Å². The van der Waals surface area contributed by atoms with E-state index in [1.54, 1.807) is 32.1 Å². The van der Waals surface area contributed by atoms with Gasteiger partial charge in [0, 0.05) is 45.0 Å². The van der Waals surface area contributed by atoms with Crippen molar-refractivity contribution < 1.29 is 4.79 Å². The molecule has 2 bridgehead atoms. The zero-order valence-electron chi connectivity index (χ0n) is 19.5. The third-order valence-corrected chi connectivity index (χ3v) is 9.30. The van der Waals surface area contributed by atoms with Crippen molar-refractivity contribution in [3.63, 3.8) is 0 Å². The maximum Gasteiger partial charge on any atom is 0.254 e. The zero-order chi connectivity index (χ0) is 24.7. The Bertz CT molecular complexity index is 1220. The van der Waals surface area contributed by atoms with Gasteiger partial charge in [0.2, 0.25) is 0 Å². The molecule has 2 heterocycles. The van der Waals surface area contributed by atoms with Crippen molar-refractivity contribution in [1.29, 1.82) is 0 Å². The second-order valence-electron chi connectivity index (χ2n) is 9.23. The third-order valence-electron chi connectivity index (χ3n) is 6.70. The van der Waals surface area contributed by atoms with Crippen molar-refractivity contribution in [1.82, 2.24) is 9.21 Å². The second-order valence-corrected chi connectivity index (χ2v) is 11.5. The number of carbonyl (C=O) groups is 1. The van der Waals surface area contributed by atoms with Crippen LogP contribution in [0.5, 0.6) is 0 Å². The minimum absolute atomic E-state index is 0.0966. The summed E-state index contributed by atoms with van der Waals surface area (Å²) in [5, 5.41) is 1.88. The summed E-state index contributed by atoms with van der Waals surface area (Å²) in [6.07, 6.45) is 2.34. The summed E-state index contributed by atoms with van der Waals surface area (Å²) >= 11 is 21.0. The SMILES string of the molecule is CN(C)C(=O)c1ccc(-c2ccc(N3CC4CCC(C3)N4Sc3c(Cl)cccc3Cl)cc2)cc1Cl. The van der Waals surface area contributed by atoms with Crippen LogP contribution < -0.4 is 4.90 Å². The van der Waals surface area contributed by atoms with E-state index in [0.717, 1.165) is 29.1 Å². The Kier molecular flexibility index (Phi) is 7.25. The predicted octanol–water partition coefficient (Wildman–Crippen LogP) is 7.38. The number of fused-ring (bicyclic) bond motifs is 2. The summed E-state index contributed by atoms with van der Waals surface area (Å²) < 4.78 is 2.50. The van der Waals surface area contributed by atoms with E-state index in [1.807, 2.05) is 30.3 Å². The van der Waals surface area contributed by atoms with Crippen molar-refractivity contribution in [3.8, 4) is 11.1 Å². The van der Waals surface area contributed by atoms with Gasteiger partial charge in [-0.25, -0.2) is 4.31 Å². The van der Waals surface area contributed by atoms with Crippen molar-refractivity contribution >= 4 is 58.3 Å². The molecule has 0 N–H and O–H groups in total. The first-order valence-corrected chi connectivity index (χ1v) is 13.5. The Morgan fingerprint density at radius 3 is 2.03 bits per heavy atom. The molecule has 3 aromatic carbocycles. The van der Waals surface area contributed by atoms with Gasteiger partial charge >= 0.3 is 0 Å². The van der Waals surface area contributed by atoms with E-state index in [1.165, 1.54) is 23.4 Å². The molecule has 0 radical (unpaired) electrons. The molecule has 3 aromatic rings. The Balaban J connectivity index is 1.29. The maximum atomic E-state index is 12.3.